The lowest BCUT2D eigenvalue weighted by Gasteiger charge is -2.12. The molecule has 20 heavy (non-hydrogen) atoms. The van der Waals surface area contributed by atoms with Gasteiger partial charge in [0, 0.05) is 10.5 Å². The molecule has 0 aliphatic heterocycles. The van der Waals surface area contributed by atoms with Gasteiger partial charge in [-0.2, -0.15) is 0 Å². The van der Waals surface area contributed by atoms with Crippen LogP contribution >= 0.6 is 15.9 Å². The van der Waals surface area contributed by atoms with Crippen LogP contribution in [0.2, 0.25) is 0 Å². The maximum Gasteiger partial charge on any atom is 0.358 e. The molecule has 0 saturated carbocycles. The van der Waals surface area contributed by atoms with Crippen molar-refractivity contribution < 1.29 is 14.6 Å². The number of benzene rings is 1. The van der Waals surface area contributed by atoms with E-state index in [0.29, 0.717) is 17.1 Å². The van der Waals surface area contributed by atoms with Crippen molar-refractivity contribution in [1.82, 2.24) is 15.0 Å². The third kappa shape index (κ3) is 2.53. The molecule has 1 heterocycles. The maximum atomic E-state index is 11.2. The summed E-state index contributed by atoms with van der Waals surface area (Å²) in [6, 6.07) is 5.40. The number of nitrogens with zero attached hydrogens (tertiary/aromatic N) is 3. The molecule has 0 amide bonds. The molecule has 0 bridgehead atoms. The van der Waals surface area contributed by atoms with E-state index in [1.54, 1.807) is 19.2 Å². The van der Waals surface area contributed by atoms with E-state index in [9.17, 15) is 9.90 Å². The first-order valence-corrected chi connectivity index (χ1v) is 6.77. The molecule has 0 saturated heterocycles. The summed E-state index contributed by atoms with van der Waals surface area (Å²) in [5, 5.41) is 16.9. The van der Waals surface area contributed by atoms with Crippen molar-refractivity contribution in [3.63, 3.8) is 0 Å². The first-order valence-electron chi connectivity index (χ1n) is 5.98. The lowest BCUT2D eigenvalue weighted by molar-refractivity contribution is 0.0688. The van der Waals surface area contributed by atoms with Crippen LogP contribution in [0.1, 0.15) is 35.9 Å². The first kappa shape index (κ1) is 14.5. The molecule has 1 aromatic heterocycles. The summed E-state index contributed by atoms with van der Waals surface area (Å²) in [6.45, 7) is 3.80. The number of carboxylic acids is 1. The van der Waals surface area contributed by atoms with Crippen molar-refractivity contribution in [1.29, 1.82) is 0 Å². The highest BCUT2D eigenvalue weighted by Gasteiger charge is 2.23. The van der Waals surface area contributed by atoms with Crippen molar-refractivity contribution in [2.45, 2.75) is 19.8 Å². The van der Waals surface area contributed by atoms with Gasteiger partial charge in [0.25, 0.3) is 0 Å². The van der Waals surface area contributed by atoms with Gasteiger partial charge < -0.3 is 9.84 Å². The Hall–Kier alpha value is -1.89. The zero-order valence-electron chi connectivity index (χ0n) is 11.3. The van der Waals surface area contributed by atoms with Crippen LogP contribution in [0.15, 0.2) is 22.7 Å². The zero-order valence-corrected chi connectivity index (χ0v) is 12.9. The van der Waals surface area contributed by atoms with Gasteiger partial charge in [0.2, 0.25) is 0 Å². The molecule has 0 aliphatic rings. The van der Waals surface area contributed by atoms with Gasteiger partial charge in [-0.25, -0.2) is 9.48 Å². The van der Waals surface area contributed by atoms with Crippen LogP contribution in [0, 0.1) is 0 Å². The normalized spacial score (nSPS) is 10.8. The van der Waals surface area contributed by atoms with Crippen LogP contribution < -0.4 is 4.74 Å². The fraction of sp³-hybridized carbons (Fsp3) is 0.308. The van der Waals surface area contributed by atoms with Gasteiger partial charge in [0.15, 0.2) is 5.69 Å². The molecule has 0 fully saturated rings. The van der Waals surface area contributed by atoms with Crippen molar-refractivity contribution in [2.75, 3.05) is 7.11 Å². The van der Waals surface area contributed by atoms with Gasteiger partial charge in [-0.05, 0) is 34.0 Å². The van der Waals surface area contributed by atoms with Gasteiger partial charge in [-0.15, -0.1) is 5.10 Å². The Kier molecular flexibility index (Phi) is 4.08. The Labute approximate surface area is 124 Å². The smallest absolute Gasteiger partial charge is 0.358 e. The average Bonchev–Trinajstić information content (AvgIpc) is 2.84. The minimum Gasteiger partial charge on any atom is -0.497 e. The molecule has 0 spiro atoms. The number of hydrogen-bond acceptors (Lipinski definition) is 4. The molecule has 0 radical (unpaired) electrons. The highest BCUT2D eigenvalue weighted by molar-refractivity contribution is 9.10. The van der Waals surface area contributed by atoms with Crippen LogP contribution in [-0.4, -0.2) is 33.2 Å². The second kappa shape index (κ2) is 5.62. The van der Waals surface area contributed by atoms with Crippen molar-refractivity contribution in [2.24, 2.45) is 0 Å². The maximum absolute atomic E-state index is 11.2. The van der Waals surface area contributed by atoms with Gasteiger partial charge in [0.05, 0.1) is 18.5 Å². The lowest BCUT2D eigenvalue weighted by atomic mass is 10.1. The average molecular weight is 340 g/mol. The van der Waals surface area contributed by atoms with Crippen molar-refractivity contribution in [3.05, 3.63) is 34.1 Å². The Morgan fingerprint density at radius 1 is 1.45 bits per heavy atom. The fourth-order valence-corrected chi connectivity index (χ4v) is 2.33. The predicted octanol–water partition coefficient (Wildman–Crippen LogP) is 2.86. The number of carbonyl (C=O) groups is 1. The van der Waals surface area contributed by atoms with E-state index in [0.717, 1.165) is 4.47 Å². The number of aromatic nitrogens is 3. The number of carboxylic acid groups (broad SMARTS) is 1. The summed E-state index contributed by atoms with van der Waals surface area (Å²) < 4.78 is 7.50. The number of methoxy groups -OCH3 is 1. The fourth-order valence-electron chi connectivity index (χ4n) is 1.92. The summed E-state index contributed by atoms with van der Waals surface area (Å²) in [6.07, 6.45) is 0. The minimum atomic E-state index is -1.08. The monoisotopic (exact) mass is 339 g/mol. The Morgan fingerprint density at radius 2 is 2.15 bits per heavy atom. The number of halogens is 1. The minimum absolute atomic E-state index is 0.0327. The topological polar surface area (TPSA) is 77.2 Å². The van der Waals surface area contributed by atoms with Crippen molar-refractivity contribution in [3.8, 4) is 11.4 Å². The van der Waals surface area contributed by atoms with E-state index in [2.05, 4.69) is 26.2 Å². The molecule has 0 aliphatic carbocycles. The van der Waals surface area contributed by atoms with Gasteiger partial charge in [-0.1, -0.05) is 19.1 Å². The molecular formula is C13H14BrN3O3. The Bertz CT molecular complexity index is 652. The molecule has 1 N–H and O–H groups in total. The summed E-state index contributed by atoms with van der Waals surface area (Å²) in [7, 11) is 1.57. The van der Waals surface area contributed by atoms with Crippen LogP contribution in [0.4, 0.5) is 0 Å². The number of hydrogen-bond donors (Lipinski definition) is 1. The molecule has 2 aromatic rings. The van der Waals surface area contributed by atoms with E-state index >= 15 is 0 Å². The van der Waals surface area contributed by atoms with Crippen LogP contribution in [-0.2, 0) is 0 Å². The highest BCUT2D eigenvalue weighted by atomic mass is 79.9. The van der Waals surface area contributed by atoms with Crippen LogP contribution in [0.3, 0.4) is 0 Å². The van der Waals surface area contributed by atoms with Crippen molar-refractivity contribution >= 4 is 21.9 Å². The molecule has 6 nitrogen and oxygen atoms in total. The predicted molar refractivity (Wildman–Crippen MR) is 76.7 cm³/mol. The lowest BCUT2D eigenvalue weighted by Crippen LogP contribution is -2.09. The van der Waals surface area contributed by atoms with E-state index in [-0.39, 0.29) is 11.6 Å². The zero-order chi connectivity index (χ0) is 14.9. The van der Waals surface area contributed by atoms with Crippen LogP contribution in [0.5, 0.6) is 5.75 Å². The first-order chi connectivity index (χ1) is 9.45. The van der Waals surface area contributed by atoms with E-state index in [1.807, 2.05) is 19.9 Å². The molecular weight excluding hydrogens is 326 g/mol. The van der Waals surface area contributed by atoms with Gasteiger partial charge >= 0.3 is 5.97 Å². The summed E-state index contributed by atoms with van der Waals surface area (Å²) in [5.74, 6) is -0.460. The summed E-state index contributed by atoms with van der Waals surface area (Å²) in [4.78, 5) is 11.2. The standard InChI is InChI=1S/C13H14BrN3O3/c1-7(2)12-11(13(18)19)15-16-17(12)10-6-8(20-3)4-5-9(10)14/h4-7H,1-3H3,(H,18,19). The second-order valence-corrected chi connectivity index (χ2v) is 5.37. The Morgan fingerprint density at radius 3 is 2.70 bits per heavy atom. The molecule has 1 aromatic carbocycles. The summed E-state index contributed by atoms with van der Waals surface area (Å²) >= 11 is 3.43. The molecule has 7 heteroatoms. The SMILES string of the molecule is COc1ccc(Br)c(-n2nnc(C(=O)O)c2C(C)C)c1. The van der Waals surface area contributed by atoms with Crippen LogP contribution in [0.25, 0.3) is 5.69 Å². The highest BCUT2D eigenvalue weighted by Crippen LogP contribution is 2.29. The largest absolute Gasteiger partial charge is 0.497 e. The van der Waals surface area contributed by atoms with Gasteiger partial charge in [-0.3, -0.25) is 0 Å². The molecule has 2 rings (SSSR count). The molecule has 106 valence electrons. The molecule has 0 unspecified atom stereocenters. The number of ether oxygens (including phenoxy) is 1. The van der Waals surface area contributed by atoms with E-state index in [1.165, 1.54) is 4.68 Å². The summed E-state index contributed by atoms with van der Waals surface area (Å²) in [5.41, 5.74) is 1.20. The molecule has 0 atom stereocenters. The quantitative estimate of drug-likeness (QED) is 0.926. The third-order valence-corrected chi connectivity index (χ3v) is 3.51. The number of rotatable bonds is 4. The van der Waals surface area contributed by atoms with E-state index in [4.69, 9.17) is 4.74 Å². The van der Waals surface area contributed by atoms with Gasteiger partial charge in [0.1, 0.15) is 5.75 Å². The Balaban J connectivity index is 2.67. The second-order valence-electron chi connectivity index (χ2n) is 4.51. The number of aromatic carboxylic acids is 1. The third-order valence-electron chi connectivity index (χ3n) is 2.84. The van der Waals surface area contributed by atoms with E-state index < -0.39 is 5.97 Å².